The lowest BCUT2D eigenvalue weighted by Gasteiger charge is -2.18. The molecule has 2 aromatic rings. The van der Waals surface area contributed by atoms with Gasteiger partial charge in [0.2, 0.25) is 0 Å². The van der Waals surface area contributed by atoms with E-state index in [1.807, 2.05) is 26.8 Å². The molecule has 0 bridgehead atoms. The number of nitrogens with zero attached hydrogens (tertiary/aromatic N) is 2. The third-order valence-corrected chi connectivity index (χ3v) is 3.08. The summed E-state index contributed by atoms with van der Waals surface area (Å²) in [4.78, 5) is 23.6. The third kappa shape index (κ3) is 2.71. The molecule has 0 aromatic carbocycles. The van der Waals surface area contributed by atoms with Crippen molar-refractivity contribution in [2.75, 3.05) is 7.11 Å². The van der Waals surface area contributed by atoms with Gasteiger partial charge < -0.3 is 9.72 Å². The summed E-state index contributed by atoms with van der Waals surface area (Å²) in [6.45, 7) is 7.78. The van der Waals surface area contributed by atoms with Crippen LogP contribution in [0.3, 0.4) is 0 Å². The number of aromatic nitrogens is 3. The van der Waals surface area contributed by atoms with Crippen LogP contribution >= 0.6 is 0 Å². The molecule has 0 spiro atoms. The first-order chi connectivity index (χ1) is 9.32. The molecule has 20 heavy (non-hydrogen) atoms. The van der Waals surface area contributed by atoms with Crippen LogP contribution in [-0.2, 0) is 5.41 Å². The van der Waals surface area contributed by atoms with Crippen LogP contribution in [0.5, 0.6) is 5.75 Å². The Labute approximate surface area is 118 Å². The summed E-state index contributed by atoms with van der Waals surface area (Å²) in [5.41, 5.74) is 1.65. The largest absolute Gasteiger partial charge is 0.495 e. The molecule has 0 aliphatic rings. The molecule has 0 atom stereocenters. The van der Waals surface area contributed by atoms with Gasteiger partial charge in [0.05, 0.1) is 19.0 Å². The van der Waals surface area contributed by atoms with Crippen molar-refractivity contribution in [3.8, 4) is 17.0 Å². The number of methoxy groups -OCH3 is 1. The van der Waals surface area contributed by atoms with Gasteiger partial charge in [-0.1, -0.05) is 20.8 Å². The number of H-pyrrole nitrogens is 1. The van der Waals surface area contributed by atoms with Gasteiger partial charge in [-0.05, 0) is 13.0 Å². The van der Waals surface area contributed by atoms with Crippen molar-refractivity contribution in [1.29, 1.82) is 0 Å². The number of ether oxygens (including phenoxy) is 1. The second kappa shape index (κ2) is 5.07. The molecule has 0 amide bonds. The maximum absolute atomic E-state index is 12.1. The molecule has 2 heterocycles. The van der Waals surface area contributed by atoms with Crippen LogP contribution < -0.4 is 10.3 Å². The molecule has 0 saturated heterocycles. The Morgan fingerprint density at radius 3 is 2.55 bits per heavy atom. The highest BCUT2D eigenvalue weighted by Gasteiger charge is 2.20. The lowest BCUT2D eigenvalue weighted by molar-refractivity contribution is 0.413. The van der Waals surface area contributed by atoms with Crippen LogP contribution in [0.25, 0.3) is 11.3 Å². The van der Waals surface area contributed by atoms with Crippen molar-refractivity contribution in [3.63, 3.8) is 0 Å². The topological polar surface area (TPSA) is 67.9 Å². The van der Waals surface area contributed by atoms with Gasteiger partial charge in [-0.15, -0.1) is 0 Å². The molecule has 1 N–H and O–H groups in total. The Hall–Kier alpha value is -2.17. The number of hydrogen-bond acceptors (Lipinski definition) is 4. The highest BCUT2D eigenvalue weighted by atomic mass is 16.5. The third-order valence-electron chi connectivity index (χ3n) is 3.08. The van der Waals surface area contributed by atoms with E-state index in [-0.39, 0.29) is 11.0 Å². The monoisotopic (exact) mass is 273 g/mol. The van der Waals surface area contributed by atoms with Crippen molar-refractivity contribution in [3.05, 3.63) is 40.2 Å². The van der Waals surface area contributed by atoms with E-state index in [0.717, 1.165) is 5.56 Å². The number of aromatic amines is 1. The van der Waals surface area contributed by atoms with Crippen LogP contribution in [0.15, 0.2) is 23.3 Å². The van der Waals surface area contributed by atoms with Crippen molar-refractivity contribution in [1.82, 2.24) is 15.0 Å². The predicted molar refractivity (Wildman–Crippen MR) is 78.1 cm³/mol. The molecular weight excluding hydrogens is 254 g/mol. The summed E-state index contributed by atoms with van der Waals surface area (Å²) in [5, 5.41) is 0. The van der Waals surface area contributed by atoms with Gasteiger partial charge in [0, 0.05) is 22.7 Å². The van der Waals surface area contributed by atoms with Gasteiger partial charge in [0.15, 0.2) is 0 Å². The van der Waals surface area contributed by atoms with Crippen LogP contribution in [0.1, 0.15) is 32.2 Å². The van der Waals surface area contributed by atoms with Crippen molar-refractivity contribution < 1.29 is 4.74 Å². The molecule has 0 saturated carbocycles. The molecule has 106 valence electrons. The van der Waals surface area contributed by atoms with E-state index in [9.17, 15) is 4.79 Å². The van der Waals surface area contributed by atoms with Crippen LogP contribution in [0.2, 0.25) is 0 Å². The predicted octanol–water partition coefficient (Wildman–Crippen LogP) is 2.45. The Morgan fingerprint density at radius 2 is 1.95 bits per heavy atom. The van der Waals surface area contributed by atoms with Crippen molar-refractivity contribution in [2.45, 2.75) is 33.1 Å². The lowest BCUT2D eigenvalue weighted by atomic mass is 9.95. The summed E-state index contributed by atoms with van der Waals surface area (Å²) in [6, 6.07) is 1.83. The Kier molecular flexibility index (Phi) is 3.61. The van der Waals surface area contributed by atoms with Crippen molar-refractivity contribution in [2.24, 2.45) is 0 Å². The van der Waals surface area contributed by atoms with Crippen LogP contribution in [0.4, 0.5) is 0 Å². The van der Waals surface area contributed by atoms with Crippen LogP contribution in [0, 0.1) is 6.92 Å². The summed E-state index contributed by atoms with van der Waals surface area (Å²) < 4.78 is 5.17. The fraction of sp³-hybridized carbons (Fsp3) is 0.400. The number of hydrogen-bond donors (Lipinski definition) is 1. The highest BCUT2D eigenvalue weighted by Crippen LogP contribution is 2.25. The molecule has 0 fully saturated rings. The van der Waals surface area contributed by atoms with Crippen LogP contribution in [-0.4, -0.2) is 22.1 Å². The van der Waals surface area contributed by atoms with E-state index in [1.165, 1.54) is 0 Å². The first-order valence-corrected chi connectivity index (χ1v) is 6.43. The molecule has 2 rings (SSSR count). The normalized spacial score (nSPS) is 11.4. The van der Waals surface area contributed by atoms with Gasteiger partial charge in [0.1, 0.15) is 11.6 Å². The Bertz CT molecular complexity index is 684. The summed E-state index contributed by atoms with van der Waals surface area (Å²) in [7, 11) is 1.58. The molecule has 0 aliphatic heterocycles. The fourth-order valence-electron chi connectivity index (χ4n) is 1.83. The minimum atomic E-state index is -0.228. The molecule has 5 nitrogen and oxygen atoms in total. The zero-order valence-corrected chi connectivity index (χ0v) is 12.4. The van der Waals surface area contributed by atoms with Crippen molar-refractivity contribution >= 4 is 0 Å². The molecule has 2 aromatic heterocycles. The molecular formula is C15H19N3O2. The number of rotatable bonds is 2. The first-order valence-electron chi connectivity index (χ1n) is 6.43. The van der Waals surface area contributed by atoms with E-state index in [2.05, 4.69) is 15.0 Å². The van der Waals surface area contributed by atoms with E-state index in [4.69, 9.17) is 4.74 Å². The zero-order chi connectivity index (χ0) is 14.9. The molecule has 0 radical (unpaired) electrons. The summed E-state index contributed by atoms with van der Waals surface area (Å²) in [6.07, 6.45) is 3.31. The molecule has 0 unspecified atom stereocenters. The Morgan fingerprint density at radius 1 is 1.25 bits per heavy atom. The van der Waals surface area contributed by atoms with Gasteiger partial charge >= 0.3 is 0 Å². The molecule has 5 heteroatoms. The minimum Gasteiger partial charge on any atom is -0.495 e. The zero-order valence-electron chi connectivity index (χ0n) is 12.4. The maximum Gasteiger partial charge on any atom is 0.254 e. The van der Waals surface area contributed by atoms with Gasteiger partial charge in [0.25, 0.3) is 5.56 Å². The average molecular weight is 273 g/mol. The second-order valence-corrected chi connectivity index (χ2v) is 5.75. The average Bonchev–Trinajstić information content (AvgIpc) is 2.40. The van der Waals surface area contributed by atoms with Gasteiger partial charge in [-0.2, -0.15) is 0 Å². The maximum atomic E-state index is 12.1. The first kappa shape index (κ1) is 14.2. The molecule has 0 aliphatic carbocycles. The van der Waals surface area contributed by atoms with E-state index < -0.39 is 0 Å². The summed E-state index contributed by atoms with van der Waals surface area (Å²) >= 11 is 0. The summed E-state index contributed by atoms with van der Waals surface area (Å²) in [5.74, 6) is 1.30. The van der Waals surface area contributed by atoms with E-state index >= 15 is 0 Å². The Balaban J connectivity index is 2.66. The second-order valence-electron chi connectivity index (χ2n) is 5.75. The minimum absolute atomic E-state index is 0.122. The smallest absolute Gasteiger partial charge is 0.254 e. The fourth-order valence-corrected chi connectivity index (χ4v) is 1.83. The standard InChI is InChI=1S/C15H19N3O2/c1-9-12(10-6-11(20-5)8-16-7-10)17-14(15(2,3)4)18-13(9)19/h6-8H,1-5H3,(H,17,18,19). The number of pyridine rings is 1. The lowest BCUT2D eigenvalue weighted by Crippen LogP contribution is -2.24. The van der Waals surface area contributed by atoms with E-state index in [1.54, 1.807) is 26.4 Å². The quantitative estimate of drug-likeness (QED) is 0.912. The van der Waals surface area contributed by atoms with Gasteiger partial charge in [-0.3, -0.25) is 9.78 Å². The highest BCUT2D eigenvalue weighted by molar-refractivity contribution is 5.63. The van der Waals surface area contributed by atoms with Gasteiger partial charge in [-0.25, -0.2) is 4.98 Å². The van der Waals surface area contributed by atoms with E-state index in [0.29, 0.717) is 22.8 Å². The SMILES string of the molecule is COc1cncc(-c2nc(C(C)(C)C)[nH]c(=O)c2C)c1. The number of nitrogens with one attached hydrogen (secondary N) is 1.